The number of alkyl halides is 3. The summed E-state index contributed by atoms with van der Waals surface area (Å²) >= 11 is 0.994. The normalized spacial score (nSPS) is 14.9. The molecule has 3 rings (SSSR count). The number of guanidine groups is 1. The molecule has 0 radical (unpaired) electrons. The molecule has 30 heavy (non-hydrogen) atoms. The van der Waals surface area contributed by atoms with Crippen molar-refractivity contribution in [1.82, 2.24) is 15.6 Å². The summed E-state index contributed by atoms with van der Waals surface area (Å²) in [5.74, 6) is 0.728. The molecule has 2 aromatic rings. The van der Waals surface area contributed by atoms with Crippen LogP contribution in [0.3, 0.4) is 0 Å². The van der Waals surface area contributed by atoms with Gasteiger partial charge in [-0.3, -0.25) is 9.79 Å². The Morgan fingerprint density at radius 1 is 1.30 bits per heavy atom. The van der Waals surface area contributed by atoms with E-state index in [4.69, 9.17) is 0 Å². The molecule has 1 aromatic carbocycles. The smallest absolute Gasteiger partial charge is 0.356 e. The van der Waals surface area contributed by atoms with Gasteiger partial charge in [0, 0.05) is 43.5 Å². The molecule has 0 saturated heterocycles. The average Bonchev–Trinajstić information content (AvgIpc) is 3.12. The molecule has 1 amide bonds. The number of amides is 1. The van der Waals surface area contributed by atoms with Gasteiger partial charge in [-0.1, -0.05) is 18.6 Å². The quantitative estimate of drug-likeness (QED) is 0.453. The molecule has 1 saturated carbocycles. The third-order valence-electron chi connectivity index (χ3n) is 4.83. The topological polar surface area (TPSA) is 78.4 Å². The monoisotopic (exact) mass is 439 g/mol. The van der Waals surface area contributed by atoms with Gasteiger partial charge in [0.1, 0.15) is 0 Å². The minimum absolute atomic E-state index is 0.0692. The minimum atomic E-state index is -4.41. The fourth-order valence-electron chi connectivity index (χ4n) is 2.92. The summed E-state index contributed by atoms with van der Waals surface area (Å²) in [5.41, 5.74) is 0.881. The van der Waals surface area contributed by atoms with Crippen molar-refractivity contribution in [3.8, 4) is 0 Å². The number of carbonyl (C=O) groups is 1. The Labute approximate surface area is 177 Å². The van der Waals surface area contributed by atoms with Gasteiger partial charge in [0.15, 0.2) is 11.7 Å². The fraction of sp³-hybridized carbons (Fsp3) is 0.450. The van der Waals surface area contributed by atoms with Crippen molar-refractivity contribution >= 4 is 28.9 Å². The van der Waals surface area contributed by atoms with Crippen molar-refractivity contribution in [2.75, 3.05) is 18.9 Å². The molecule has 10 heteroatoms. The maximum absolute atomic E-state index is 12.6. The maximum atomic E-state index is 12.6. The van der Waals surface area contributed by atoms with E-state index in [0.29, 0.717) is 30.5 Å². The molecule has 1 fully saturated rings. The molecular weight excluding hydrogens is 415 g/mol. The highest BCUT2D eigenvalue weighted by Gasteiger charge is 2.33. The summed E-state index contributed by atoms with van der Waals surface area (Å²) in [6.45, 7) is 0.893. The van der Waals surface area contributed by atoms with Crippen LogP contribution in [0.25, 0.3) is 0 Å². The van der Waals surface area contributed by atoms with Crippen LogP contribution in [0.1, 0.15) is 35.5 Å². The second kappa shape index (κ2) is 9.92. The van der Waals surface area contributed by atoms with Crippen LogP contribution in [-0.4, -0.2) is 30.4 Å². The molecule has 0 unspecified atom stereocenters. The average molecular weight is 440 g/mol. The maximum Gasteiger partial charge on any atom is 0.434 e. The second-order valence-electron chi connectivity index (χ2n) is 7.04. The molecule has 0 spiro atoms. The predicted octanol–water partition coefficient (Wildman–Crippen LogP) is 3.81. The van der Waals surface area contributed by atoms with Gasteiger partial charge in [-0.25, -0.2) is 4.98 Å². The lowest BCUT2D eigenvalue weighted by Crippen LogP contribution is -2.37. The van der Waals surface area contributed by atoms with E-state index in [2.05, 4.69) is 25.9 Å². The molecule has 3 N–H and O–H groups in total. The first-order valence-corrected chi connectivity index (χ1v) is 10.6. The molecule has 0 aliphatic heterocycles. The summed E-state index contributed by atoms with van der Waals surface area (Å²) in [5, 5.41) is 10.6. The number of anilines is 1. The van der Waals surface area contributed by atoms with Crippen molar-refractivity contribution in [2.45, 2.75) is 38.4 Å². The van der Waals surface area contributed by atoms with Crippen molar-refractivity contribution in [1.29, 1.82) is 0 Å². The Morgan fingerprint density at radius 2 is 2.10 bits per heavy atom. The predicted molar refractivity (Wildman–Crippen MR) is 111 cm³/mol. The van der Waals surface area contributed by atoms with E-state index in [1.165, 1.54) is 0 Å². The lowest BCUT2D eigenvalue weighted by atomic mass is 9.85. The molecule has 1 aliphatic rings. The van der Waals surface area contributed by atoms with Crippen molar-refractivity contribution < 1.29 is 18.0 Å². The van der Waals surface area contributed by atoms with Gasteiger partial charge in [0.25, 0.3) is 0 Å². The molecule has 1 heterocycles. The molecular formula is C20H24F3N5OS. The molecule has 162 valence electrons. The highest BCUT2D eigenvalue weighted by Crippen LogP contribution is 2.30. The van der Waals surface area contributed by atoms with Gasteiger partial charge in [-0.2, -0.15) is 13.2 Å². The van der Waals surface area contributed by atoms with Crippen molar-refractivity contribution in [3.63, 3.8) is 0 Å². The van der Waals surface area contributed by atoms with Gasteiger partial charge >= 0.3 is 6.18 Å². The van der Waals surface area contributed by atoms with Gasteiger partial charge in [-0.15, -0.1) is 11.3 Å². The zero-order valence-electron chi connectivity index (χ0n) is 16.6. The zero-order valence-corrected chi connectivity index (χ0v) is 17.4. The summed E-state index contributed by atoms with van der Waals surface area (Å²) in [4.78, 5) is 19.8. The van der Waals surface area contributed by atoms with Crippen LogP contribution >= 0.6 is 11.3 Å². The lowest BCUT2D eigenvalue weighted by Gasteiger charge is -2.24. The molecule has 0 bridgehead atoms. The van der Waals surface area contributed by atoms with Crippen LogP contribution in [0.15, 0.2) is 34.6 Å². The van der Waals surface area contributed by atoms with E-state index in [9.17, 15) is 18.0 Å². The first kappa shape index (κ1) is 22.1. The number of nitrogens with zero attached hydrogens (tertiary/aromatic N) is 2. The second-order valence-corrected chi connectivity index (χ2v) is 7.99. The van der Waals surface area contributed by atoms with Gasteiger partial charge in [0.2, 0.25) is 5.91 Å². The van der Waals surface area contributed by atoms with Crippen LogP contribution in [-0.2, 0) is 23.9 Å². The highest BCUT2D eigenvalue weighted by molar-refractivity contribution is 7.09. The standard InChI is InChI=1S/C20H24F3N5OS/c1-24-19(25-9-8-17-28-16(12-30-17)20(21,22)23)26-11-13-4-2-7-15(10-13)27-18(29)14-5-3-6-14/h2,4,7,10,12,14H,3,5-6,8-9,11H2,1H3,(H,27,29)(H2,24,25,26). The van der Waals surface area contributed by atoms with Gasteiger partial charge in [0.05, 0.1) is 5.01 Å². The van der Waals surface area contributed by atoms with E-state index in [0.717, 1.165) is 47.2 Å². The summed E-state index contributed by atoms with van der Waals surface area (Å²) < 4.78 is 37.8. The van der Waals surface area contributed by atoms with E-state index in [1.807, 2.05) is 24.3 Å². The molecule has 1 aromatic heterocycles. The number of aliphatic imine (C=N–C) groups is 1. The SMILES string of the molecule is CN=C(NCCc1nc(C(F)(F)F)cs1)NCc1cccc(NC(=O)C2CCC2)c1. The van der Waals surface area contributed by atoms with E-state index in [1.54, 1.807) is 7.05 Å². The fourth-order valence-corrected chi connectivity index (χ4v) is 3.73. The lowest BCUT2D eigenvalue weighted by molar-refractivity contribution is -0.140. The molecule has 1 aliphatic carbocycles. The van der Waals surface area contributed by atoms with E-state index < -0.39 is 11.9 Å². The van der Waals surface area contributed by atoms with Gasteiger partial charge < -0.3 is 16.0 Å². The van der Waals surface area contributed by atoms with Crippen molar-refractivity contribution in [3.05, 3.63) is 45.9 Å². The highest BCUT2D eigenvalue weighted by atomic mass is 32.1. The number of halogens is 3. The third-order valence-corrected chi connectivity index (χ3v) is 5.74. The number of hydrogen-bond acceptors (Lipinski definition) is 4. The number of thiazole rings is 1. The molecule has 6 nitrogen and oxygen atoms in total. The van der Waals surface area contributed by atoms with Gasteiger partial charge in [-0.05, 0) is 30.5 Å². The van der Waals surface area contributed by atoms with E-state index in [-0.39, 0.29) is 11.8 Å². The number of benzene rings is 1. The Bertz CT molecular complexity index is 893. The minimum Gasteiger partial charge on any atom is -0.356 e. The Hall–Kier alpha value is -2.62. The van der Waals surface area contributed by atoms with Crippen LogP contribution in [0.5, 0.6) is 0 Å². The largest absolute Gasteiger partial charge is 0.434 e. The third kappa shape index (κ3) is 6.19. The number of hydrogen-bond donors (Lipinski definition) is 3. The Morgan fingerprint density at radius 3 is 2.73 bits per heavy atom. The van der Waals surface area contributed by atoms with E-state index >= 15 is 0 Å². The zero-order chi connectivity index (χ0) is 21.6. The van der Waals surface area contributed by atoms with Crippen LogP contribution in [0.2, 0.25) is 0 Å². The van der Waals surface area contributed by atoms with Crippen LogP contribution in [0, 0.1) is 5.92 Å². The van der Waals surface area contributed by atoms with Crippen LogP contribution < -0.4 is 16.0 Å². The van der Waals surface area contributed by atoms with Crippen molar-refractivity contribution in [2.24, 2.45) is 10.9 Å². The summed E-state index contributed by atoms with van der Waals surface area (Å²) in [7, 11) is 1.62. The first-order valence-electron chi connectivity index (χ1n) is 9.71. The summed E-state index contributed by atoms with van der Waals surface area (Å²) in [6.07, 6.45) is -1.03. The number of nitrogens with one attached hydrogen (secondary N) is 3. The summed E-state index contributed by atoms with van der Waals surface area (Å²) in [6, 6.07) is 7.58. The molecule has 0 atom stereocenters. The Kier molecular flexibility index (Phi) is 7.30. The number of carbonyl (C=O) groups excluding carboxylic acids is 1. The first-order chi connectivity index (χ1) is 14.3. The number of rotatable bonds is 7. The Balaban J connectivity index is 1.44. The van der Waals surface area contributed by atoms with Crippen LogP contribution in [0.4, 0.5) is 18.9 Å². The number of aromatic nitrogens is 1.